The molecule has 0 aliphatic heterocycles. The van der Waals surface area contributed by atoms with Crippen molar-refractivity contribution < 1.29 is 0 Å². The molecule has 0 atom stereocenters. The molecule has 0 bridgehead atoms. The van der Waals surface area contributed by atoms with Crippen molar-refractivity contribution >= 4 is 0 Å². The minimum atomic E-state index is 1.16. The van der Waals surface area contributed by atoms with Crippen LogP contribution in [0.25, 0.3) is 33.4 Å². The van der Waals surface area contributed by atoms with E-state index in [0.29, 0.717) is 0 Å². The van der Waals surface area contributed by atoms with Crippen LogP contribution < -0.4 is 0 Å². The topological polar surface area (TPSA) is 0 Å². The fourth-order valence-electron chi connectivity index (χ4n) is 5.76. The van der Waals surface area contributed by atoms with E-state index in [1.807, 2.05) is 0 Å². The Labute approximate surface area is 244 Å². The Morgan fingerprint density at radius 2 is 0.675 bits per heavy atom. The van der Waals surface area contributed by atoms with E-state index in [4.69, 9.17) is 0 Å². The molecule has 0 heterocycles. The van der Waals surface area contributed by atoms with Crippen LogP contribution in [0.1, 0.15) is 101 Å². The predicted octanol–water partition coefficient (Wildman–Crippen LogP) is 12.1. The van der Waals surface area contributed by atoms with Crippen LogP contribution in [0.4, 0.5) is 0 Å². The van der Waals surface area contributed by atoms with E-state index in [-0.39, 0.29) is 0 Å². The monoisotopic (exact) mass is 530 g/mol. The number of hydrogen-bond acceptors (Lipinski definition) is 0. The van der Waals surface area contributed by atoms with E-state index >= 15 is 0 Å². The van der Waals surface area contributed by atoms with Crippen LogP contribution in [0.15, 0.2) is 84.9 Å². The lowest BCUT2D eigenvalue weighted by Crippen LogP contribution is -1.95. The van der Waals surface area contributed by atoms with Gasteiger partial charge in [-0.3, -0.25) is 0 Å². The average Bonchev–Trinajstić information content (AvgIpc) is 3.01. The van der Waals surface area contributed by atoms with Gasteiger partial charge in [-0.2, -0.15) is 0 Å². The molecule has 4 aromatic carbocycles. The summed E-state index contributed by atoms with van der Waals surface area (Å²) in [6, 6.07) is 32.8. The van der Waals surface area contributed by atoms with Crippen molar-refractivity contribution in [2.45, 2.75) is 105 Å². The van der Waals surface area contributed by atoms with Crippen LogP contribution in [0.5, 0.6) is 0 Å². The number of unbranched alkanes of at least 4 members (excludes halogenated alkanes) is 4. The number of rotatable bonds is 15. The van der Waals surface area contributed by atoms with Gasteiger partial charge >= 0.3 is 0 Å². The summed E-state index contributed by atoms with van der Waals surface area (Å²) in [7, 11) is 0. The van der Waals surface area contributed by atoms with Gasteiger partial charge in [0.15, 0.2) is 0 Å². The van der Waals surface area contributed by atoms with Crippen LogP contribution in [-0.4, -0.2) is 0 Å². The maximum atomic E-state index is 2.47. The van der Waals surface area contributed by atoms with Crippen molar-refractivity contribution in [1.82, 2.24) is 0 Å². The summed E-state index contributed by atoms with van der Waals surface area (Å²) in [6.07, 6.45) is 14.7. The highest BCUT2D eigenvalue weighted by atomic mass is 14.1. The normalized spacial score (nSPS) is 11.2. The van der Waals surface area contributed by atoms with Gasteiger partial charge in [-0.25, -0.2) is 0 Å². The second-order valence-electron chi connectivity index (χ2n) is 11.6. The SMILES string of the molecule is CCCCc1ccc(-c2ccc(-c3ccc(-c4ccc(CCCC)cc4CCCC)cc3)cc2)c(CCCC)c1. The molecule has 210 valence electrons. The second-order valence-corrected chi connectivity index (χ2v) is 11.6. The summed E-state index contributed by atoms with van der Waals surface area (Å²) < 4.78 is 0. The van der Waals surface area contributed by atoms with Crippen LogP contribution >= 0.6 is 0 Å². The van der Waals surface area contributed by atoms with Crippen molar-refractivity contribution in [2.75, 3.05) is 0 Å². The van der Waals surface area contributed by atoms with Crippen molar-refractivity contribution in [3.63, 3.8) is 0 Å². The van der Waals surface area contributed by atoms with Crippen LogP contribution in [-0.2, 0) is 25.7 Å². The van der Waals surface area contributed by atoms with Crippen molar-refractivity contribution in [3.05, 3.63) is 107 Å². The standard InChI is InChI=1S/C40H50/c1-5-9-13-31-17-27-39(37(29-31)15-11-7-3)35-23-19-33(20-24-35)34-21-25-36(26-22-34)40-28-18-32(14-10-6-2)30-38(40)16-12-8-4/h17-30H,5-16H2,1-4H3. The molecule has 0 unspecified atom stereocenters. The van der Waals surface area contributed by atoms with Gasteiger partial charge in [-0.1, -0.05) is 138 Å². The molecule has 4 aromatic rings. The average molecular weight is 531 g/mol. The summed E-state index contributed by atoms with van der Waals surface area (Å²) >= 11 is 0. The van der Waals surface area contributed by atoms with E-state index in [2.05, 4.69) is 113 Å². The minimum Gasteiger partial charge on any atom is -0.0654 e. The molecule has 0 aliphatic rings. The molecule has 0 saturated carbocycles. The second kappa shape index (κ2) is 15.6. The summed E-state index contributed by atoms with van der Waals surface area (Å²) in [5.41, 5.74) is 14.0. The molecular weight excluding hydrogens is 480 g/mol. The van der Waals surface area contributed by atoms with Gasteiger partial charge < -0.3 is 0 Å². The van der Waals surface area contributed by atoms with Crippen LogP contribution in [0.3, 0.4) is 0 Å². The molecule has 0 radical (unpaired) electrons. The number of aryl methyl sites for hydroxylation is 4. The minimum absolute atomic E-state index is 1.16. The zero-order valence-corrected chi connectivity index (χ0v) is 25.6. The number of hydrogen-bond donors (Lipinski definition) is 0. The Morgan fingerprint density at radius 3 is 1.02 bits per heavy atom. The van der Waals surface area contributed by atoms with Gasteiger partial charge in [-0.05, 0) is 107 Å². The largest absolute Gasteiger partial charge is 0.0654 e. The first-order valence-electron chi connectivity index (χ1n) is 16.1. The molecule has 0 nitrogen and oxygen atoms in total. The summed E-state index contributed by atoms with van der Waals surface area (Å²) in [5, 5.41) is 0. The van der Waals surface area contributed by atoms with E-state index in [0.717, 1.165) is 12.8 Å². The Bertz CT molecular complexity index is 1200. The maximum absolute atomic E-state index is 2.47. The third-order valence-corrected chi connectivity index (χ3v) is 8.30. The number of benzene rings is 4. The molecule has 0 aromatic heterocycles. The lowest BCUT2D eigenvalue weighted by Gasteiger charge is -2.14. The molecule has 4 rings (SSSR count). The first kappa shape index (κ1) is 29.9. The van der Waals surface area contributed by atoms with Crippen molar-refractivity contribution in [2.24, 2.45) is 0 Å². The highest BCUT2D eigenvalue weighted by molar-refractivity contribution is 5.75. The smallest absolute Gasteiger partial charge is 0.0152 e. The van der Waals surface area contributed by atoms with E-state index in [9.17, 15) is 0 Å². The molecule has 0 spiro atoms. The van der Waals surface area contributed by atoms with Crippen molar-refractivity contribution in [3.8, 4) is 33.4 Å². The molecule has 0 aliphatic carbocycles. The first-order chi connectivity index (χ1) is 19.7. The molecule has 0 fully saturated rings. The van der Waals surface area contributed by atoms with Crippen molar-refractivity contribution in [1.29, 1.82) is 0 Å². The van der Waals surface area contributed by atoms with Gasteiger partial charge in [0.1, 0.15) is 0 Å². The molecule has 0 amide bonds. The molecule has 0 saturated heterocycles. The Morgan fingerprint density at radius 1 is 0.350 bits per heavy atom. The van der Waals surface area contributed by atoms with E-state index < -0.39 is 0 Å². The predicted molar refractivity (Wildman–Crippen MR) is 177 cm³/mol. The van der Waals surface area contributed by atoms with Crippen LogP contribution in [0.2, 0.25) is 0 Å². The van der Waals surface area contributed by atoms with E-state index in [1.165, 1.54) is 120 Å². The fourth-order valence-corrected chi connectivity index (χ4v) is 5.76. The van der Waals surface area contributed by atoms with Gasteiger partial charge in [0, 0.05) is 0 Å². The summed E-state index contributed by atoms with van der Waals surface area (Å²) in [6.45, 7) is 9.13. The Hall–Kier alpha value is -3.12. The molecule has 40 heavy (non-hydrogen) atoms. The molecule has 0 N–H and O–H groups in total. The fraction of sp³-hybridized carbons (Fsp3) is 0.400. The third-order valence-electron chi connectivity index (χ3n) is 8.30. The highest BCUT2D eigenvalue weighted by Crippen LogP contribution is 2.32. The highest BCUT2D eigenvalue weighted by Gasteiger charge is 2.10. The maximum Gasteiger partial charge on any atom is -0.0152 e. The van der Waals surface area contributed by atoms with E-state index in [1.54, 1.807) is 0 Å². The Kier molecular flexibility index (Phi) is 11.7. The zero-order chi connectivity index (χ0) is 28.2. The van der Waals surface area contributed by atoms with Gasteiger partial charge in [0.05, 0.1) is 0 Å². The van der Waals surface area contributed by atoms with Gasteiger partial charge in [-0.15, -0.1) is 0 Å². The third kappa shape index (κ3) is 7.97. The zero-order valence-electron chi connectivity index (χ0n) is 25.6. The van der Waals surface area contributed by atoms with Gasteiger partial charge in [0.25, 0.3) is 0 Å². The quantitative estimate of drug-likeness (QED) is 0.143. The molecular formula is C40H50. The van der Waals surface area contributed by atoms with Gasteiger partial charge in [0.2, 0.25) is 0 Å². The lowest BCUT2D eigenvalue weighted by atomic mass is 9.91. The molecule has 0 heteroatoms. The summed E-state index contributed by atoms with van der Waals surface area (Å²) in [5.74, 6) is 0. The summed E-state index contributed by atoms with van der Waals surface area (Å²) in [4.78, 5) is 0. The lowest BCUT2D eigenvalue weighted by molar-refractivity contribution is 0.781. The Balaban J connectivity index is 1.55. The first-order valence-corrected chi connectivity index (χ1v) is 16.1. The van der Waals surface area contributed by atoms with Crippen LogP contribution in [0, 0.1) is 0 Å².